The Morgan fingerprint density at radius 2 is 2.30 bits per heavy atom. The number of benzene rings is 1. The lowest BCUT2D eigenvalue weighted by molar-refractivity contribution is 0.197. The highest BCUT2D eigenvalue weighted by molar-refractivity contribution is 9.10. The summed E-state index contributed by atoms with van der Waals surface area (Å²) in [5.41, 5.74) is 1.25. The number of anilines is 1. The summed E-state index contributed by atoms with van der Waals surface area (Å²) in [5.74, 6) is 0.897. The van der Waals surface area contributed by atoms with E-state index in [1.54, 1.807) is 7.11 Å². The maximum Gasteiger partial charge on any atom is 0.203 e. The molecule has 0 spiro atoms. The van der Waals surface area contributed by atoms with E-state index in [4.69, 9.17) is 4.74 Å². The second-order valence-electron chi connectivity index (χ2n) is 4.66. The SMILES string of the molecule is COCCCNc1nccn1C(C)c1cccc(Br)c1. The summed E-state index contributed by atoms with van der Waals surface area (Å²) in [4.78, 5) is 4.38. The molecule has 4 nitrogen and oxygen atoms in total. The molecule has 0 saturated heterocycles. The molecule has 0 bridgehead atoms. The van der Waals surface area contributed by atoms with Gasteiger partial charge in [-0.15, -0.1) is 0 Å². The van der Waals surface area contributed by atoms with Crippen LogP contribution in [0.3, 0.4) is 0 Å². The van der Waals surface area contributed by atoms with Crippen molar-refractivity contribution in [1.82, 2.24) is 9.55 Å². The quantitative estimate of drug-likeness (QED) is 0.783. The maximum atomic E-state index is 5.05. The Balaban J connectivity index is 2.07. The van der Waals surface area contributed by atoms with Crippen molar-refractivity contribution in [2.75, 3.05) is 25.6 Å². The Kier molecular flexibility index (Phi) is 5.61. The van der Waals surface area contributed by atoms with Crippen LogP contribution in [0.25, 0.3) is 0 Å². The van der Waals surface area contributed by atoms with E-state index in [1.165, 1.54) is 5.56 Å². The molecule has 0 saturated carbocycles. The predicted octanol–water partition coefficient (Wildman–Crippen LogP) is 3.70. The molecular formula is C15H20BrN3O. The Morgan fingerprint density at radius 1 is 1.45 bits per heavy atom. The smallest absolute Gasteiger partial charge is 0.203 e. The first kappa shape index (κ1) is 15.1. The van der Waals surface area contributed by atoms with Gasteiger partial charge in [-0.3, -0.25) is 0 Å². The molecule has 0 aliphatic heterocycles. The summed E-state index contributed by atoms with van der Waals surface area (Å²) >= 11 is 3.52. The van der Waals surface area contributed by atoms with Gasteiger partial charge in [0.15, 0.2) is 0 Å². The van der Waals surface area contributed by atoms with Gasteiger partial charge in [0.1, 0.15) is 0 Å². The lowest BCUT2D eigenvalue weighted by Crippen LogP contribution is -2.13. The average molecular weight is 338 g/mol. The first-order valence-electron chi connectivity index (χ1n) is 6.73. The second kappa shape index (κ2) is 7.45. The molecule has 5 heteroatoms. The van der Waals surface area contributed by atoms with Crippen LogP contribution in [0.5, 0.6) is 0 Å². The number of imidazole rings is 1. The molecule has 2 aromatic rings. The number of rotatable bonds is 7. The molecule has 1 heterocycles. The minimum Gasteiger partial charge on any atom is -0.385 e. The summed E-state index contributed by atoms with van der Waals surface area (Å²) in [6.07, 6.45) is 4.80. The molecule has 0 aliphatic rings. The van der Waals surface area contributed by atoms with Gasteiger partial charge in [0.2, 0.25) is 5.95 Å². The zero-order valence-corrected chi connectivity index (χ0v) is 13.4. The van der Waals surface area contributed by atoms with Gasteiger partial charge < -0.3 is 14.6 Å². The van der Waals surface area contributed by atoms with Crippen LogP contribution in [0.2, 0.25) is 0 Å². The van der Waals surface area contributed by atoms with Gasteiger partial charge in [-0.25, -0.2) is 4.98 Å². The fraction of sp³-hybridized carbons (Fsp3) is 0.400. The van der Waals surface area contributed by atoms with Crippen LogP contribution in [-0.2, 0) is 4.74 Å². The largest absolute Gasteiger partial charge is 0.385 e. The lowest BCUT2D eigenvalue weighted by Gasteiger charge is -2.17. The zero-order valence-electron chi connectivity index (χ0n) is 11.8. The Labute approximate surface area is 128 Å². The fourth-order valence-corrected chi connectivity index (χ4v) is 2.52. The van der Waals surface area contributed by atoms with Gasteiger partial charge in [-0.1, -0.05) is 28.1 Å². The first-order valence-corrected chi connectivity index (χ1v) is 7.52. The molecule has 1 aromatic heterocycles. The average Bonchev–Trinajstić information content (AvgIpc) is 2.91. The third-order valence-corrected chi connectivity index (χ3v) is 3.72. The van der Waals surface area contributed by atoms with E-state index >= 15 is 0 Å². The van der Waals surface area contributed by atoms with Crippen molar-refractivity contribution in [3.8, 4) is 0 Å². The number of methoxy groups -OCH3 is 1. The van der Waals surface area contributed by atoms with Crippen LogP contribution < -0.4 is 5.32 Å². The van der Waals surface area contributed by atoms with Crippen molar-refractivity contribution in [3.63, 3.8) is 0 Å². The number of aromatic nitrogens is 2. The highest BCUT2D eigenvalue weighted by Gasteiger charge is 2.11. The van der Waals surface area contributed by atoms with E-state index in [0.29, 0.717) is 0 Å². The molecular weight excluding hydrogens is 318 g/mol. The molecule has 1 atom stereocenters. The molecule has 2 rings (SSSR count). The van der Waals surface area contributed by atoms with Gasteiger partial charge in [0, 0.05) is 37.1 Å². The van der Waals surface area contributed by atoms with Crippen LogP contribution >= 0.6 is 15.9 Å². The minimum absolute atomic E-state index is 0.236. The number of halogens is 1. The second-order valence-corrected chi connectivity index (χ2v) is 5.58. The molecule has 0 aliphatic carbocycles. The molecule has 0 amide bonds. The van der Waals surface area contributed by atoms with Gasteiger partial charge in [0.25, 0.3) is 0 Å². The topological polar surface area (TPSA) is 39.1 Å². The summed E-state index contributed by atoms with van der Waals surface area (Å²) < 4.78 is 8.29. The first-order chi connectivity index (χ1) is 9.72. The molecule has 1 unspecified atom stereocenters. The third kappa shape index (κ3) is 3.84. The van der Waals surface area contributed by atoms with E-state index in [-0.39, 0.29) is 6.04 Å². The van der Waals surface area contributed by atoms with E-state index < -0.39 is 0 Å². The fourth-order valence-electron chi connectivity index (χ4n) is 2.11. The van der Waals surface area contributed by atoms with E-state index in [2.05, 4.69) is 55.9 Å². The summed E-state index contributed by atoms with van der Waals surface area (Å²) in [6.45, 7) is 3.79. The van der Waals surface area contributed by atoms with Crippen molar-refractivity contribution in [2.24, 2.45) is 0 Å². The number of nitrogens with one attached hydrogen (secondary N) is 1. The lowest BCUT2D eigenvalue weighted by atomic mass is 10.1. The standard InChI is InChI=1S/C15H20BrN3O/c1-12(13-5-3-6-14(16)11-13)19-9-8-18-15(19)17-7-4-10-20-2/h3,5-6,8-9,11-12H,4,7,10H2,1-2H3,(H,17,18). The Bertz CT molecular complexity index is 541. The maximum absolute atomic E-state index is 5.05. The number of hydrogen-bond donors (Lipinski definition) is 1. The van der Waals surface area contributed by atoms with Crippen molar-refractivity contribution in [2.45, 2.75) is 19.4 Å². The van der Waals surface area contributed by atoms with Gasteiger partial charge in [0.05, 0.1) is 6.04 Å². The number of nitrogens with zero attached hydrogens (tertiary/aromatic N) is 2. The minimum atomic E-state index is 0.236. The van der Waals surface area contributed by atoms with Crippen LogP contribution in [0.1, 0.15) is 24.9 Å². The van der Waals surface area contributed by atoms with Crippen LogP contribution in [0.4, 0.5) is 5.95 Å². The zero-order chi connectivity index (χ0) is 14.4. The van der Waals surface area contributed by atoms with Crippen molar-refractivity contribution in [3.05, 3.63) is 46.7 Å². The van der Waals surface area contributed by atoms with Crippen molar-refractivity contribution >= 4 is 21.9 Å². The summed E-state index contributed by atoms with van der Waals surface area (Å²) in [6, 6.07) is 8.59. The van der Waals surface area contributed by atoms with E-state index in [1.807, 2.05) is 18.5 Å². The van der Waals surface area contributed by atoms with Gasteiger partial charge in [-0.2, -0.15) is 0 Å². The van der Waals surface area contributed by atoms with Crippen LogP contribution in [0, 0.1) is 0 Å². The molecule has 1 aromatic carbocycles. The highest BCUT2D eigenvalue weighted by Crippen LogP contribution is 2.24. The van der Waals surface area contributed by atoms with E-state index in [0.717, 1.165) is 30.0 Å². The molecule has 20 heavy (non-hydrogen) atoms. The Hall–Kier alpha value is -1.33. The summed E-state index contributed by atoms with van der Waals surface area (Å²) in [5, 5.41) is 3.35. The van der Waals surface area contributed by atoms with Crippen LogP contribution in [-0.4, -0.2) is 29.8 Å². The number of ether oxygens (including phenoxy) is 1. The predicted molar refractivity (Wildman–Crippen MR) is 85.2 cm³/mol. The van der Waals surface area contributed by atoms with Crippen molar-refractivity contribution in [1.29, 1.82) is 0 Å². The summed E-state index contributed by atoms with van der Waals surface area (Å²) in [7, 11) is 1.72. The molecule has 0 radical (unpaired) electrons. The Morgan fingerprint density at radius 3 is 3.05 bits per heavy atom. The highest BCUT2D eigenvalue weighted by atomic mass is 79.9. The van der Waals surface area contributed by atoms with Crippen LogP contribution in [0.15, 0.2) is 41.1 Å². The molecule has 0 fully saturated rings. The van der Waals surface area contributed by atoms with Crippen molar-refractivity contribution < 1.29 is 4.74 Å². The normalized spacial score (nSPS) is 12.3. The monoisotopic (exact) mass is 337 g/mol. The van der Waals surface area contributed by atoms with E-state index in [9.17, 15) is 0 Å². The van der Waals surface area contributed by atoms with Gasteiger partial charge >= 0.3 is 0 Å². The molecule has 1 N–H and O–H groups in total. The van der Waals surface area contributed by atoms with Gasteiger partial charge in [-0.05, 0) is 31.0 Å². The molecule has 108 valence electrons. The number of hydrogen-bond acceptors (Lipinski definition) is 3. The third-order valence-electron chi connectivity index (χ3n) is 3.23.